The lowest BCUT2D eigenvalue weighted by Crippen LogP contribution is -2.28. The van der Waals surface area contributed by atoms with Crippen molar-refractivity contribution in [2.75, 3.05) is 11.9 Å². The van der Waals surface area contributed by atoms with Gasteiger partial charge in [-0.25, -0.2) is 4.79 Å². The Bertz CT molecular complexity index is 1240. The summed E-state index contributed by atoms with van der Waals surface area (Å²) in [6, 6.07) is 11.8. The number of furan rings is 1. The third-order valence-corrected chi connectivity index (χ3v) is 5.19. The Labute approximate surface area is 191 Å². The van der Waals surface area contributed by atoms with Crippen molar-refractivity contribution < 1.29 is 28.3 Å². The minimum Gasteiger partial charge on any atom is -0.467 e. The maximum atomic E-state index is 12.7. The SMILES string of the molecule is O=C(COC(=O)c1ccc2c(c1)C(=O)N(Cc1ccco1)C2=O)Nc1ccc(Cl)cc1Cl. The average Bonchev–Trinajstić information content (AvgIpc) is 3.37. The number of benzene rings is 2. The molecule has 0 saturated carbocycles. The van der Waals surface area contributed by atoms with Gasteiger partial charge in [-0.15, -0.1) is 0 Å². The fourth-order valence-corrected chi connectivity index (χ4v) is 3.57. The maximum Gasteiger partial charge on any atom is 0.338 e. The number of fused-ring (bicyclic) bond motifs is 1. The van der Waals surface area contributed by atoms with Crippen LogP contribution in [0.1, 0.15) is 36.8 Å². The molecule has 2 heterocycles. The number of anilines is 1. The van der Waals surface area contributed by atoms with Crippen molar-refractivity contribution in [1.82, 2.24) is 4.90 Å². The van der Waals surface area contributed by atoms with Crippen molar-refractivity contribution in [2.45, 2.75) is 6.54 Å². The highest BCUT2D eigenvalue weighted by Gasteiger charge is 2.36. The van der Waals surface area contributed by atoms with Crippen molar-refractivity contribution in [3.05, 3.63) is 87.3 Å². The van der Waals surface area contributed by atoms with Crippen LogP contribution in [0.3, 0.4) is 0 Å². The molecule has 1 aromatic heterocycles. The number of halogens is 2. The zero-order valence-corrected chi connectivity index (χ0v) is 17.8. The van der Waals surface area contributed by atoms with Gasteiger partial charge in [0.1, 0.15) is 5.76 Å². The van der Waals surface area contributed by atoms with Gasteiger partial charge in [0.15, 0.2) is 6.61 Å². The number of carbonyl (C=O) groups is 4. The first-order valence-corrected chi connectivity index (χ1v) is 10.0. The number of rotatable bonds is 6. The number of amides is 3. The first-order chi connectivity index (χ1) is 15.3. The molecular weight excluding hydrogens is 459 g/mol. The van der Waals surface area contributed by atoms with E-state index >= 15 is 0 Å². The van der Waals surface area contributed by atoms with Crippen LogP contribution in [-0.2, 0) is 16.1 Å². The van der Waals surface area contributed by atoms with Gasteiger partial charge in [0.25, 0.3) is 17.7 Å². The van der Waals surface area contributed by atoms with E-state index in [4.69, 9.17) is 32.4 Å². The molecule has 32 heavy (non-hydrogen) atoms. The monoisotopic (exact) mass is 472 g/mol. The second kappa shape index (κ2) is 8.86. The van der Waals surface area contributed by atoms with Gasteiger partial charge in [0, 0.05) is 5.02 Å². The predicted octanol–water partition coefficient (Wildman–Crippen LogP) is 4.18. The maximum absolute atomic E-state index is 12.7. The zero-order chi connectivity index (χ0) is 22.8. The average molecular weight is 473 g/mol. The molecule has 3 amide bonds. The molecule has 0 atom stereocenters. The fourth-order valence-electron chi connectivity index (χ4n) is 3.11. The first-order valence-electron chi connectivity index (χ1n) is 9.28. The van der Waals surface area contributed by atoms with Crippen LogP contribution in [-0.4, -0.2) is 35.2 Å². The van der Waals surface area contributed by atoms with Crippen LogP contribution in [0.5, 0.6) is 0 Å². The lowest BCUT2D eigenvalue weighted by atomic mass is 10.1. The molecule has 162 valence electrons. The van der Waals surface area contributed by atoms with E-state index in [2.05, 4.69) is 5.32 Å². The molecule has 4 rings (SSSR count). The molecule has 10 heteroatoms. The molecule has 8 nitrogen and oxygen atoms in total. The number of hydrogen-bond donors (Lipinski definition) is 1. The smallest absolute Gasteiger partial charge is 0.338 e. The van der Waals surface area contributed by atoms with E-state index in [1.165, 1.54) is 36.6 Å². The fraction of sp³-hybridized carbons (Fsp3) is 0.0909. The Morgan fingerprint density at radius 3 is 2.50 bits per heavy atom. The van der Waals surface area contributed by atoms with E-state index in [0.717, 1.165) is 4.90 Å². The summed E-state index contributed by atoms with van der Waals surface area (Å²) in [6.07, 6.45) is 1.44. The Kier molecular flexibility index (Phi) is 5.98. The van der Waals surface area contributed by atoms with Crippen LogP contribution in [0.4, 0.5) is 5.69 Å². The number of imide groups is 1. The third-order valence-electron chi connectivity index (χ3n) is 4.64. The van der Waals surface area contributed by atoms with E-state index in [1.54, 1.807) is 18.2 Å². The highest BCUT2D eigenvalue weighted by Crippen LogP contribution is 2.27. The van der Waals surface area contributed by atoms with Gasteiger partial charge in [0.2, 0.25) is 0 Å². The summed E-state index contributed by atoms with van der Waals surface area (Å²) >= 11 is 11.8. The third kappa shape index (κ3) is 4.37. The summed E-state index contributed by atoms with van der Waals surface area (Å²) < 4.78 is 10.2. The summed E-state index contributed by atoms with van der Waals surface area (Å²) in [4.78, 5) is 50.7. The van der Waals surface area contributed by atoms with Gasteiger partial charge in [-0.05, 0) is 48.5 Å². The quantitative estimate of drug-likeness (QED) is 0.426. The lowest BCUT2D eigenvalue weighted by molar-refractivity contribution is -0.119. The molecule has 0 radical (unpaired) electrons. The van der Waals surface area contributed by atoms with Gasteiger partial charge in [0.05, 0.1) is 40.2 Å². The topological polar surface area (TPSA) is 106 Å². The summed E-state index contributed by atoms with van der Waals surface area (Å²) in [5.41, 5.74) is 0.596. The second-order valence-electron chi connectivity index (χ2n) is 6.78. The number of ether oxygens (including phenoxy) is 1. The van der Waals surface area contributed by atoms with E-state index < -0.39 is 30.3 Å². The Balaban J connectivity index is 1.40. The molecular formula is C22H14Cl2N2O6. The van der Waals surface area contributed by atoms with Crippen molar-refractivity contribution in [1.29, 1.82) is 0 Å². The number of nitrogens with zero attached hydrogens (tertiary/aromatic N) is 1. The van der Waals surface area contributed by atoms with Crippen LogP contribution in [0, 0.1) is 0 Å². The van der Waals surface area contributed by atoms with E-state index in [0.29, 0.717) is 16.5 Å². The predicted molar refractivity (Wildman–Crippen MR) is 115 cm³/mol. The summed E-state index contributed by atoms with van der Waals surface area (Å²) in [7, 11) is 0. The van der Waals surface area contributed by atoms with Crippen molar-refractivity contribution in [3.8, 4) is 0 Å². The van der Waals surface area contributed by atoms with Crippen LogP contribution in [0.2, 0.25) is 10.0 Å². The van der Waals surface area contributed by atoms with Crippen LogP contribution in [0.25, 0.3) is 0 Å². The molecule has 0 saturated heterocycles. The van der Waals surface area contributed by atoms with Crippen molar-refractivity contribution >= 4 is 52.6 Å². The van der Waals surface area contributed by atoms with Crippen molar-refractivity contribution in [3.63, 3.8) is 0 Å². The molecule has 3 aromatic rings. The molecule has 0 fully saturated rings. The molecule has 0 spiro atoms. The number of hydrogen-bond acceptors (Lipinski definition) is 6. The summed E-state index contributed by atoms with van der Waals surface area (Å²) in [6.45, 7) is -0.598. The molecule has 1 N–H and O–H groups in total. The van der Waals surface area contributed by atoms with Crippen molar-refractivity contribution in [2.24, 2.45) is 0 Å². The van der Waals surface area contributed by atoms with E-state index in [9.17, 15) is 19.2 Å². The highest BCUT2D eigenvalue weighted by molar-refractivity contribution is 6.36. The Hall–Kier alpha value is -3.62. The first kappa shape index (κ1) is 21.6. The van der Waals surface area contributed by atoms with E-state index in [-0.39, 0.29) is 28.3 Å². The van der Waals surface area contributed by atoms with Gasteiger partial charge >= 0.3 is 5.97 Å². The molecule has 1 aliphatic heterocycles. The summed E-state index contributed by atoms with van der Waals surface area (Å²) in [5, 5.41) is 3.15. The lowest BCUT2D eigenvalue weighted by Gasteiger charge is -2.11. The number of carbonyl (C=O) groups excluding carboxylic acids is 4. The van der Waals surface area contributed by atoms with Crippen LogP contribution < -0.4 is 5.32 Å². The van der Waals surface area contributed by atoms with Gasteiger partial charge in [-0.2, -0.15) is 0 Å². The molecule has 0 bridgehead atoms. The Morgan fingerprint density at radius 1 is 1.00 bits per heavy atom. The molecule has 2 aromatic carbocycles. The second-order valence-corrected chi connectivity index (χ2v) is 7.63. The number of esters is 1. The standard InChI is InChI=1S/C22H14Cl2N2O6/c23-13-4-6-18(17(24)9-13)25-19(27)11-32-22(30)12-3-5-15-16(8-12)21(29)26(20(15)28)10-14-2-1-7-31-14/h1-9H,10-11H2,(H,25,27). The van der Waals surface area contributed by atoms with Crippen LogP contribution >= 0.6 is 23.2 Å². The van der Waals surface area contributed by atoms with E-state index in [1.807, 2.05) is 0 Å². The van der Waals surface area contributed by atoms with Crippen LogP contribution in [0.15, 0.2) is 59.2 Å². The summed E-state index contributed by atoms with van der Waals surface area (Å²) in [5.74, 6) is -2.02. The number of nitrogens with one attached hydrogen (secondary N) is 1. The van der Waals surface area contributed by atoms with Gasteiger partial charge in [-0.3, -0.25) is 19.3 Å². The van der Waals surface area contributed by atoms with Gasteiger partial charge < -0.3 is 14.5 Å². The molecule has 1 aliphatic rings. The minimum atomic E-state index is -0.824. The normalized spacial score (nSPS) is 12.6. The zero-order valence-electron chi connectivity index (χ0n) is 16.3. The largest absolute Gasteiger partial charge is 0.467 e. The van der Waals surface area contributed by atoms with Gasteiger partial charge in [-0.1, -0.05) is 23.2 Å². The minimum absolute atomic E-state index is 0.0213. The molecule has 0 aliphatic carbocycles. The molecule has 0 unspecified atom stereocenters. The highest BCUT2D eigenvalue weighted by atomic mass is 35.5. The Morgan fingerprint density at radius 2 is 1.78 bits per heavy atom.